The molecule has 1 aromatic rings. The molecule has 5 heteroatoms. The Hall–Kier alpha value is -0.870. The molecule has 0 unspecified atom stereocenters. The van der Waals surface area contributed by atoms with Crippen molar-refractivity contribution in [3.8, 4) is 0 Å². The zero-order valence-electron chi connectivity index (χ0n) is 10.8. The lowest BCUT2D eigenvalue weighted by molar-refractivity contribution is 0.405. The van der Waals surface area contributed by atoms with E-state index in [4.69, 9.17) is 11.6 Å². The summed E-state index contributed by atoms with van der Waals surface area (Å²) in [6.45, 7) is 4.09. The van der Waals surface area contributed by atoms with Crippen LogP contribution in [-0.2, 0) is 6.42 Å². The Labute approximate surface area is 108 Å². The Morgan fingerprint density at radius 1 is 1.35 bits per heavy atom. The second-order valence-corrected chi connectivity index (χ2v) is 4.68. The van der Waals surface area contributed by atoms with Gasteiger partial charge in [0.25, 0.3) is 0 Å². The van der Waals surface area contributed by atoms with Crippen LogP contribution in [0.4, 0.5) is 5.82 Å². The molecule has 4 nitrogen and oxygen atoms in total. The summed E-state index contributed by atoms with van der Waals surface area (Å²) in [7, 11) is 4.15. The highest BCUT2D eigenvalue weighted by Crippen LogP contribution is 2.21. The molecule has 0 fully saturated rings. The highest BCUT2D eigenvalue weighted by atomic mass is 35.5. The van der Waals surface area contributed by atoms with Crippen LogP contribution in [0, 0.1) is 0 Å². The maximum Gasteiger partial charge on any atom is 0.137 e. The monoisotopic (exact) mass is 256 g/mol. The van der Waals surface area contributed by atoms with Crippen molar-refractivity contribution in [2.45, 2.75) is 26.2 Å². The molecule has 0 saturated carbocycles. The minimum Gasteiger partial charge on any atom is -0.370 e. The van der Waals surface area contributed by atoms with Gasteiger partial charge in [-0.1, -0.05) is 24.9 Å². The molecular formula is C12H21ClN4. The summed E-state index contributed by atoms with van der Waals surface area (Å²) in [5, 5.41) is 3.90. The summed E-state index contributed by atoms with van der Waals surface area (Å²) in [6, 6.07) is 0. The van der Waals surface area contributed by atoms with Crippen LogP contribution in [-0.4, -0.2) is 42.1 Å². The number of rotatable bonds is 7. The Kier molecular flexibility index (Phi) is 6.22. The normalized spacial score (nSPS) is 10.9. The third-order valence-corrected chi connectivity index (χ3v) is 2.79. The Balaban J connectivity index is 2.54. The van der Waals surface area contributed by atoms with Crippen molar-refractivity contribution >= 4 is 17.4 Å². The number of hydrogen-bond donors (Lipinski definition) is 1. The van der Waals surface area contributed by atoms with Gasteiger partial charge in [0.05, 0.1) is 0 Å². The molecule has 0 amide bonds. The first-order valence-corrected chi connectivity index (χ1v) is 6.41. The molecule has 1 rings (SSSR count). The summed E-state index contributed by atoms with van der Waals surface area (Å²) in [4.78, 5) is 10.4. The van der Waals surface area contributed by atoms with E-state index < -0.39 is 0 Å². The molecule has 0 aromatic carbocycles. The number of halogens is 1. The fourth-order valence-corrected chi connectivity index (χ4v) is 1.84. The number of nitrogens with one attached hydrogen (secondary N) is 1. The predicted octanol–water partition coefficient (Wildman–Crippen LogP) is 2.45. The number of aromatic nitrogens is 2. The highest BCUT2D eigenvalue weighted by molar-refractivity contribution is 6.30. The van der Waals surface area contributed by atoms with Gasteiger partial charge in [0.2, 0.25) is 0 Å². The minimum atomic E-state index is 0.567. The van der Waals surface area contributed by atoms with Gasteiger partial charge in [0, 0.05) is 12.1 Å². The van der Waals surface area contributed by atoms with E-state index in [1.165, 1.54) is 6.33 Å². The number of anilines is 1. The molecule has 96 valence electrons. The maximum absolute atomic E-state index is 6.07. The van der Waals surface area contributed by atoms with Crippen LogP contribution < -0.4 is 5.32 Å². The summed E-state index contributed by atoms with van der Waals surface area (Å²) in [5.74, 6) is 0.880. The van der Waals surface area contributed by atoms with Crippen LogP contribution in [0.25, 0.3) is 0 Å². The smallest absolute Gasteiger partial charge is 0.137 e. The van der Waals surface area contributed by atoms with Crippen LogP contribution in [0.2, 0.25) is 5.15 Å². The number of hydrogen-bond acceptors (Lipinski definition) is 4. The zero-order chi connectivity index (χ0) is 12.7. The maximum atomic E-state index is 6.07. The summed E-state index contributed by atoms with van der Waals surface area (Å²) < 4.78 is 0. The second-order valence-electron chi connectivity index (χ2n) is 4.33. The molecule has 0 aliphatic carbocycles. The fraction of sp³-hybridized carbons (Fsp3) is 0.667. The van der Waals surface area contributed by atoms with Gasteiger partial charge in [-0.25, -0.2) is 9.97 Å². The van der Waals surface area contributed by atoms with E-state index in [-0.39, 0.29) is 0 Å². The Bertz CT molecular complexity index is 341. The third-order valence-electron chi connectivity index (χ3n) is 2.47. The van der Waals surface area contributed by atoms with Crippen molar-refractivity contribution in [1.29, 1.82) is 0 Å². The predicted molar refractivity (Wildman–Crippen MR) is 72.7 cm³/mol. The lowest BCUT2D eigenvalue weighted by atomic mass is 10.2. The Morgan fingerprint density at radius 2 is 2.12 bits per heavy atom. The summed E-state index contributed by atoms with van der Waals surface area (Å²) >= 11 is 6.07. The molecule has 0 atom stereocenters. The molecule has 0 aliphatic heterocycles. The van der Waals surface area contributed by atoms with Gasteiger partial charge < -0.3 is 10.2 Å². The fourth-order valence-electron chi connectivity index (χ4n) is 1.62. The van der Waals surface area contributed by atoms with Gasteiger partial charge in [-0.05, 0) is 33.5 Å². The van der Waals surface area contributed by atoms with Gasteiger partial charge in [0.15, 0.2) is 0 Å². The van der Waals surface area contributed by atoms with Crippen LogP contribution >= 0.6 is 11.6 Å². The molecule has 1 N–H and O–H groups in total. The molecule has 1 aromatic heterocycles. The third kappa shape index (κ3) is 4.88. The summed E-state index contributed by atoms with van der Waals surface area (Å²) in [5.41, 5.74) is 1.03. The summed E-state index contributed by atoms with van der Waals surface area (Å²) in [6.07, 6.45) is 4.55. The second kappa shape index (κ2) is 7.45. The largest absolute Gasteiger partial charge is 0.370 e. The molecule has 0 spiro atoms. The molecular weight excluding hydrogens is 236 g/mol. The van der Waals surface area contributed by atoms with Gasteiger partial charge in [-0.3, -0.25) is 0 Å². The zero-order valence-corrected chi connectivity index (χ0v) is 11.6. The first-order valence-electron chi connectivity index (χ1n) is 6.03. The molecule has 0 radical (unpaired) electrons. The highest BCUT2D eigenvalue weighted by Gasteiger charge is 2.08. The van der Waals surface area contributed by atoms with Gasteiger partial charge >= 0.3 is 0 Å². The topological polar surface area (TPSA) is 41.1 Å². The van der Waals surface area contributed by atoms with Crippen molar-refractivity contribution in [3.05, 3.63) is 17.0 Å². The SMILES string of the molecule is CCCc1c(Cl)ncnc1NCCCN(C)C. The lowest BCUT2D eigenvalue weighted by Crippen LogP contribution is -2.17. The first-order chi connectivity index (χ1) is 8.15. The van der Waals surface area contributed by atoms with Crippen molar-refractivity contribution in [3.63, 3.8) is 0 Å². The average Bonchev–Trinajstić information content (AvgIpc) is 2.28. The van der Waals surface area contributed by atoms with E-state index in [9.17, 15) is 0 Å². The average molecular weight is 257 g/mol. The van der Waals surface area contributed by atoms with Gasteiger partial charge in [-0.2, -0.15) is 0 Å². The van der Waals surface area contributed by atoms with E-state index in [2.05, 4.69) is 41.2 Å². The first kappa shape index (κ1) is 14.2. The molecule has 17 heavy (non-hydrogen) atoms. The molecule has 1 heterocycles. The van der Waals surface area contributed by atoms with Crippen LogP contribution in [0.15, 0.2) is 6.33 Å². The van der Waals surface area contributed by atoms with E-state index in [0.29, 0.717) is 5.15 Å². The molecule has 0 aliphatic rings. The van der Waals surface area contributed by atoms with E-state index >= 15 is 0 Å². The Morgan fingerprint density at radius 3 is 2.76 bits per heavy atom. The lowest BCUT2D eigenvalue weighted by Gasteiger charge is -2.13. The van der Waals surface area contributed by atoms with Crippen LogP contribution in [0.3, 0.4) is 0 Å². The van der Waals surface area contributed by atoms with E-state index in [1.807, 2.05) is 0 Å². The standard InChI is InChI=1S/C12H21ClN4/c1-4-6-10-11(13)15-9-16-12(10)14-7-5-8-17(2)3/h9H,4-8H2,1-3H3,(H,14,15,16). The minimum absolute atomic E-state index is 0.567. The van der Waals surface area contributed by atoms with E-state index in [1.54, 1.807) is 0 Å². The number of nitrogens with zero attached hydrogens (tertiary/aromatic N) is 3. The van der Waals surface area contributed by atoms with Gasteiger partial charge in [-0.15, -0.1) is 0 Å². The van der Waals surface area contributed by atoms with E-state index in [0.717, 1.165) is 43.7 Å². The van der Waals surface area contributed by atoms with Crippen molar-refractivity contribution in [1.82, 2.24) is 14.9 Å². The van der Waals surface area contributed by atoms with Crippen molar-refractivity contribution in [2.24, 2.45) is 0 Å². The molecule has 0 bridgehead atoms. The van der Waals surface area contributed by atoms with Crippen LogP contribution in [0.1, 0.15) is 25.3 Å². The molecule has 0 saturated heterocycles. The van der Waals surface area contributed by atoms with Crippen molar-refractivity contribution < 1.29 is 0 Å². The van der Waals surface area contributed by atoms with Crippen LogP contribution in [0.5, 0.6) is 0 Å². The van der Waals surface area contributed by atoms with Crippen molar-refractivity contribution in [2.75, 3.05) is 32.5 Å². The quantitative estimate of drug-likeness (QED) is 0.601. The van der Waals surface area contributed by atoms with Gasteiger partial charge in [0.1, 0.15) is 17.3 Å².